The van der Waals surface area contributed by atoms with Crippen molar-refractivity contribution in [1.29, 1.82) is 0 Å². The van der Waals surface area contributed by atoms with Crippen LogP contribution in [0.4, 0.5) is 0 Å². The zero-order valence-corrected chi connectivity index (χ0v) is 21.3. The highest BCUT2D eigenvalue weighted by atomic mass is 16.5. The minimum atomic E-state index is -0.466. The summed E-state index contributed by atoms with van der Waals surface area (Å²) < 4.78 is 5.75. The normalized spacial score (nSPS) is 23.1. The molecule has 2 amide bonds. The first-order chi connectivity index (χ1) is 16.9. The minimum Gasteiger partial charge on any atom is -0.463 e. The molecule has 0 saturated heterocycles. The summed E-state index contributed by atoms with van der Waals surface area (Å²) in [6.45, 7) is 4.50. The number of benzene rings is 1. The second-order valence-corrected chi connectivity index (χ2v) is 9.77. The van der Waals surface area contributed by atoms with Crippen molar-refractivity contribution in [2.45, 2.75) is 83.7 Å². The van der Waals surface area contributed by atoms with Gasteiger partial charge < -0.3 is 21.1 Å². The zero-order valence-electron chi connectivity index (χ0n) is 21.3. The molecule has 1 aliphatic heterocycles. The maximum atomic E-state index is 13.1. The van der Waals surface area contributed by atoms with Crippen molar-refractivity contribution in [1.82, 2.24) is 10.6 Å². The van der Waals surface area contributed by atoms with Crippen LogP contribution in [0.3, 0.4) is 0 Å². The molecule has 7 nitrogen and oxygen atoms in total. The Morgan fingerprint density at radius 2 is 1.91 bits per heavy atom. The van der Waals surface area contributed by atoms with E-state index in [1.165, 1.54) is 0 Å². The van der Waals surface area contributed by atoms with E-state index in [0.29, 0.717) is 25.8 Å². The van der Waals surface area contributed by atoms with Gasteiger partial charge in [-0.3, -0.25) is 14.4 Å². The Hall–Kier alpha value is -2.67. The third kappa shape index (κ3) is 11.5. The highest BCUT2D eigenvalue weighted by Gasteiger charge is 2.26. The van der Waals surface area contributed by atoms with Crippen molar-refractivity contribution in [2.75, 3.05) is 13.2 Å². The fraction of sp³-hybridized carbons (Fsp3) is 0.607. The molecule has 1 aromatic carbocycles. The first-order valence-electron chi connectivity index (χ1n) is 13.0. The van der Waals surface area contributed by atoms with E-state index in [1.54, 1.807) is 0 Å². The fourth-order valence-corrected chi connectivity index (χ4v) is 4.30. The van der Waals surface area contributed by atoms with Gasteiger partial charge >= 0.3 is 5.97 Å². The highest BCUT2D eigenvalue weighted by molar-refractivity contribution is 5.86. The quantitative estimate of drug-likeness (QED) is 0.281. The summed E-state index contributed by atoms with van der Waals surface area (Å²) in [7, 11) is 0. The number of ether oxygens (including phenoxy) is 1. The van der Waals surface area contributed by atoms with Crippen molar-refractivity contribution in [3.05, 3.63) is 48.0 Å². The lowest BCUT2D eigenvalue weighted by atomic mass is 9.93. The second kappa shape index (κ2) is 16.1. The van der Waals surface area contributed by atoms with Crippen LogP contribution in [-0.2, 0) is 25.5 Å². The first kappa shape index (κ1) is 28.6. The van der Waals surface area contributed by atoms with Gasteiger partial charge in [-0.25, -0.2) is 0 Å². The van der Waals surface area contributed by atoms with E-state index in [1.807, 2.05) is 50.3 Å². The third-order valence-corrected chi connectivity index (χ3v) is 6.20. The molecule has 0 spiro atoms. The largest absolute Gasteiger partial charge is 0.463 e. The van der Waals surface area contributed by atoms with Crippen molar-refractivity contribution in [3.63, 3.8) is 0 Å². The van der Waals surface area contributed by atoms with Crippen LogP contribution in [-0.4, -0.2) is 43.0 Å². The fourth-order valence-electron chi connectivity index (χ4n) is 4.30. The lowest BCUT2D eigenvalue weighted by molar-refractivity contribution is -0.150. The molecule has 0 fully saturated rings. The van der Waals surface area contributed by atoms with Crippen LogP contribution in [0.2, 0.25) is 0 Å². The summed E-state index contributed by atoms with van der Waals surface area (Å²) in [5.74, 6) is -1.22. The number of nitrogens with two attached hydrogens (primary N) is 1. The van der Waals surface area contributed by atoms with Gasteiger partial charge in [0, 0.05) is 12.5 Å². The van der Waals surface area contributed by atoms with Crippen LogP contribution >= 0.6 is 0 Å². The predicted octanol–water partition coefficient (Wildman–Crippen LogP) is 3.66. The van der Waals surface area contributed by atoms with Gasteiger partial charge in [0.25, 0.3) is 0 Å². The Bertz CT molecular complexity index is 810. The summed E-state index contributed by atoms with van der Waals surface area (Å²) in [5, 5.41) is 5.93. The van der Waals surface area contributed by atoms with Crippen LogP contribution < -0.4 is 16.4 Å². The molecule has 0 saturated carbocycles. The van der Waals surface area contributed by atoms with E-state index in [4.69, 9.17) is 10.5 Å². The number of unbranched alkanes of at least 4 members (excludes halogenated alkanes) is 1. The number of cyclic esters (lactones) is 1. The molecule has 0 bridgehead atoms. The van der Waals surface area contributed by atoms with Crippen molar-refractivity contribution in [3.8, 4) is 0 Å². The molecule has 1 aromatic rings. The second-order valence-electron chi connectivity index (χ2n) is 9.77. The van der Waals surface area contributed by atoms with Crippen LogP contribution in [0.5, 0.6) is 0 Å². The van der Waals surface area contributed by atoms with E-state index in [9.17, 15) is 14.4 Å². The Balaban J connectivity index is 2.14. The molecule has 3 atom stereocenters. The molecule has 0 aliphatic carbocycles. The maximum absolute atomic E-state index is 13.1. The number of nitrogens with one attached hydrogen (secondary N) is 2. The molecular formula is C28H43N3O4. The summed E-state index contributed by atoms with van der Waals surface area (Å²) in [5.41, 5.74) is 6.76. The molecule has 0 unspecified atom stereocenters. The number of rotatable bonds is 9. The smallest absolute Gasteiger partial charge is 0.309 e. The average molecular weight is 486 g/mol. The van der Waals surface area contributed by atoms with Crippen LogP contribution in [0.25, 0.3) is 0 Å². The summed E-state index contributed by atoms with van der Waals surface area (Å²) in [6.07, 6.45) is 10.0. The van der Waals surface area contributed by atoms with E-state index in [-0.39, 0.29) is 48.8 Å². The van der Waals surface area contributed by atoms with Crippen LogP contribution in [0, 0.1) is 11.8 Å². The lowest BCUT2D eigenvalue weighted by Crippen LogP contribution is -2.44. The van der Waals surface area contributed by atoms with Gasteiger partial charge in [0.1, 0.15) is 6.61 Å². The number of carbonyl (C=O) groups is 3. The SMILES string of the molecule is CC(C)NC(=O)C[C@H]1C/C=C\CCC[C@H](Cc2ccccc2)C(=O)OC[C@H](CCCCN)NC1=O. The third-order valence-electron chi connectivity index (χ3n) is 6.20. The molecule has 7 heteroatoms. The Morgan fingerprint density at radius 1 is 1.14 bits per heavy atom. The number of carbonyl (C=O) groups excluding carboxylic acids is 3. The van der Waals surface area contributed by atoms with Gasteiger partial charge in [0.2, 0.25) is 11.8 Å². The van der Waals surface area contributed by atoms with Crippen molar-refractivity contribution >= 4 is 17.8 Å². The number of allylic oxidation sites excluding steroid dienone is 2. The standard InChI is InChI=1S/C28H43N3O4/c1-21(2)30-26(32)19-23-14-8-3-4-9-15-24(18-22-12-6-5-7-13-22)28(34)35-20-25(31-27(23)33)16-10-11-17-29/h3,5-8,12-13,21,23-25H,4,9-11,14-20,29H2,1-2H3,(H,30,32)(H,31,33)/b8-3-/t23-,24-,25+/m1/s1. The Kier molecular flexibility index (Phi) is 13.1. The van der Waals surface area contributed by atoms with Gasteiger partial charge in [-0.15, -0.1) is 0 Å². The van der Waals surface area contributed by atoms with Gasteiger partial charge in [0.05, 0.1) is 17.9 Å². The molecule has 0 radical (unpaired) electrons. The molecule has 194 valence electrons. The van der Waals surface area contributed by atoms with E-state index in [0.717, 1.165) is 37.7 Å². The molecule has 35 heavy (non-hydrogen) atoms. The highest BCUT2D eigenvalue weighted by Crippen LogP contribution is 2.19. The predicted molar refractivity (Wildman–Crippen MR) is 138 cm³/mol. The first-order valence-corrected chi connectivity index (χ1v) is 13.0. The summed E-state index contributed by atoms with van der Waals surface area (Å²) in [6, 6.07) is 9.70. The Morgan fingerprint density at radius 3 is 2.63 bits per heavy atom. The molecular weight excluding hydrogens is 442 g/mol. The van der Waals surface area contributed by atoms with E-state index >= 15 is 0 Å². The molecule has 4 N–H and O–H groups in total. The van der Waals surface area contributed by atoms with Gasteiger partial charge in [0.15, 0.2) is 0 Å². The molecule has 1 heterocycles. The minimum absolute atomic E-state index is 0.0202. The van der Waals surface area contributed by atoms with Gasteiger partial charge in [-0.1, -0.05) is 48.9 Å². The average Bonchev–Trinajstić information content (AvgIpc) is 2.82. The zero-order chi connectivity index (χ0) is 25.5. The molecule has 2 rings (SSSR count). The number of hydrogen-bond donors (Lipinski definition) is 3. The topological polar surface area (TPSA) is 111 Å². The van der Waals surface area contributed by atoms with Crippen LogP contribution in [0.15, 0.2) is 42.5 Å². The van der Waals surface area contributed by atoms with Crippen molar-refractivity contribution in [2.24, 2.45) is 17.6 Å². The summed E-state index contributed by atoms with van der Waals surface area (Å²) in [4.78, 5) is 38.5. The van der Waals surface area contributed by atoms with E-state index in [2.05, 4.69) is 16.7 Å². The van der Waals surface area contributed by atoms with Gasteiger partial charge in [-0.05, 0) is 70.9 Å². The number of amides is 2. The van der Waals surface area contributed by atoms with Gasteiger partial charge in [-0.2, -0.15) is 0 Å². The van der Waals surface area contributed by atoms with Crippen molar-refractivity contribution < 1.29 is 19.1 Å². The monoisotopic (exact) mass is 485 g/mol. The number of esters is 1. The Labute approximate surface area is 210 Å². The molecule has 0 aromatic heterocycles. The molecule has 1 aliphatic rings. The summed E-state index contributed by atoms with van der Waals surface area (Å²) >= 11 is 0. The van der Waals surface area contributed by atoms with E-state index < -0.39 is 5.92 Å². The van der Waals surface area contributed by atoms with Crippen LogP contribution in [0.1, 0.15) is 70.8 Å². The lowest BCUT2D eigenvalue weighted by Gasteiger charge is -2.24. The maximum Gasteiger partial charge on any atom is 0.309 e. The number of hydrogen-bond acceptors (Lipinski definition) is 5.